The molecule has 0 aliphatic carbocycles. The van der Waals surface area contributed by atoms with Gasteiger partial charge in [0.15, 0.2) is 0 Å². The van der Waals surface area contributed by atoms with Gasteiger partial charge in [-0.2, -0.15) is 0 Å². The molecule has 1 N–H and O–H groups in total. The van der Waals surface area contributed by atoms with E-state index in [9.17, 15) is 0 Å². The van der Waals surface area contributed by atoms with Crippen LogP contribution in [0.4, 0.5) is 0 Å². The zero-order valence-corrected chi connectivity index (χ0v) is 10.9. The highest BCUT2D eigenvalue weighted by molar-refractivity contribution is 5.26. The van der Waals surface area contributed by atoms with Crippen LogP contribution in [0.1, 0.15) is 50.7 Å². The monoisotopic (exact) mass is 219 g/mol. The summed E-state index contributed by atoms with van der Waals surface area (Å²) in [5.74, 6) is 0.663. The molecule has 1 heteroatoms. The van der Waals surface area contributed by atoms with E-state index in [1.165, 1.54) is 24.0 Å². The number of nitrogens with one attached hydrogen (secondary N) is 1. The number of rotatable bonds is 7. The molecule has 90 valence electrons. The lowest BCUT2D eigenvalue weighted by molar-refractivity contribution is 0.590. The lowest BCUT2D eigenvalue weighted by Gasteiger charge is -2.13. The van der Waals surface area contributed by atoms with Crippen LogP contribution in [0, 0.1) is 0 Å². The third-order valence-electron chi connectivity index (χ3n) is 3.11. The predicted octanol–water partition coefficient (Wildman–Crippen LogP) is 3.74. The Bertz CT molecular complexity index is 293. The van der Waals surface area contributed by atoms with Crippen molar-refractivity contribution in [3.05, 3.63) is 35.4 Å². The van der Waals surface area contributed by atoms with Crippen molar-refractivity contribution < 1.29 is 0 Å². The van der Waals surface area contributed by atoms with E-state index in [1.807, 2.05) is 0 Å². The molecule has 0 saturated heterocycles. The molecule has 1 atom stereocenters. The molecule has 0 radical (unpaired) electrons. The fourth-order valence-electron chi connectivity index (χ4n) is 1.91. The van der Waals surface area contributed by atoms with E-state index >= 15 is 0 Å². The average Bonchev–Trinajstić information content (AvgIpc) is 2.34. The van der Waals surface area contributed by atoms with E-state index in [-0.39, 0.29) is 0 Å². The summed E-state index contributed by atoms with van der Waals surface area (Å²) in [7, 11) is 0. The maximum Gasteiger partial charge on any atom is -0.00432 e. The van der Waals surface area contributed by atoms with Gasteiger partial charge in [-0.1, -0.05) is 45.0 Å². The molecule has 0 fully saturated rings. The Morgan fingerprint density at radius 3 is 2.69 bits per heavy atom. The quantitative estimate of drug-likeness (QED) is 0.689. The van der Waals surface area contributed by atoms with Crippen molar-refractivity contribution in [1.29, 1.82) is 0 Å². The molecule has 0 amide bonds. The van der Waals surface area contributed by atoms with Crippen LogP contribution >= 0.6 is 0 Å². The van der Waals surface area contributed by atoms with Crippen LogP contribution in [-0.2, 0) is 6.42 Å². The molecule has 0 aliphatic rings. The molecule has 0 spiro atoms. The Morgan fingerprint density at radius 2 is 2.00 bits per heavy atom. The number of benzene rings is 1. The number of aryl methyl sites for hydroxylation is 1. The standard InChI is InChI=1S/C15H25N/c1-4-10-16-11-9-13(3)15-8-6-7-14(5-2)12-15/h6-8,12-13,16H,4-5,9-11H2,1-3H3. The van der Waals surface area contributed by atoms with Gasteiger partial charge in [0, 0.05) is 0 Å². The highest BCUT2D eigenvalue weighted by atomic mass is 14.8. The minimum atomic E-state index is 0.663. The van der Waals surface area contributed by atoms with E-state index in [4.69, 9.17) is 0 Å². The summed E-state index contributed by atoms with van der Waals surface area (Å²) in [6.07, 6.45) is 3.58. The van der Waals surface area contributed by atoms with Gasteiger partial charge >= 0.3 is 0 Å². The molecule has 1 unspecified atom stereocenters. The summed E-state index contributed by atoms with van der Waals surface area (Å²) in [5.41, 5.74) is 2.93. The average molecular weight is 219 g/mol. The van der Waals surface area contributed by atoms with E-state index in [1.54, 1.807) is 0 Å². The van der Waals surface area contributed by atoms with Crippen molar-refractivity contribution in [1.82, 2.24) is 5.32 Å². The first kappa shape index (κ1) is 13.2. The summed E-state index contributed by atoms with van der Waals surface area (Å²) < 4.78 is 0. The Labute approximate surface area is 100 Å². The van der Waals surface area contributed by atoms with Crippen molar-refractivity contribution in [3.8, 4) is 0 Å². The normalized spacial score (nSPS) is 12.7. The fourth-order valence-corrected chi connectivity index (χ4v) is 1.91. The van der Waals surface area contributed by atoms with Crippen LogP contribution in [0.3, 0.4) is 0 Å². The van der Waals surface area contributed by atoms with E-state index in [0.29, 0.717) is 5.92 Å². The maximum atomic E-state index is 3.46. The molecule has 1 nitrogen and oxygen atoms in total. The Kier molecular flexibility index (Phi) is 6.17. The molecule has 16 heavy (non-hydrogen) atoms. The van der Waals surface area contributed by atoms with Gasteiger partial charge in [-0.05, 0) is 49.4 Å². The first-order valence-electron chi connectivity index (χ1n) is 6.57. The molecular weight excluding hydrogens is 194 g/mol. The first-order valence-corrected chi connectivity index (χ1v) is 6.57. The summed E-state index contributed by atoms with van der Waals surface area (Å²) in [4.78, 5) is 0. The second-order valence-corrected chi connectivity index (χ2v) is 4.54. The van der Waals surface area contributed by atoms with Crippen molar-refractivity contribution in [3.63, 3.8) is 0 Å². The summed E-state index contributed by atoms with van der Waals surface area (Å²) >= 11 is 0. The molecule has 0 saturated carbocycles. The highest BCUT2D eigenvalue weighted by Gasteiger charge is 2.05. The molecule has 0 aliphatic heterocycles. The van der Waals surface area contributed by atoms with Gasteiger partial charge in [-0.25, -0.2) is 0 Å². The molecule has 0 aromatic heterocycles. The van der Waals surface area contributed by atoms with E-state index < -0.39 is 0 Å². The second kappa shape index (κ2) is 7.45. The Morgan fingerprint density at radius 1 is 1.19 bits per heavy atom. The summed E-state index contributed by atoms with van der Waals surface area (Å²) in [6.45, 7) is 9.02. The van der Waals surface area contributed by atoms with Gasteiger partial charge in [-0.3, -0.25) is 0 Å². The van der Waals surface area contributed by atoms with Gasteiger partial charge in [0.1, 0.15) is 0 Å². The van der Waals surface area contributed by atoms with Crippen molar-refractivity contribution in [2.45, 2.75) is 46.0 Å². The van der Waals surface area contributed by atoms with Crippen molar-refractivity contribution in [2.75, 3.05) is 13.1 Å². The van der Waals surface area contributed by atoms with Crippen LogP contribution in [0.25, 0.3) is 0 Å². The lowest BCUT2D eigenvalue weighted by atomic mass is 9.95. The SMILES string of the molecule is CCCNCCC(C)c1cccc(CC)c1. The topological polar surface area (TPSA) is 12.0 Å². The van der Waals surface area contributed by atoms with Gasteiger partial charge in [0.2, 0.25) is 0 Å². The largest absolute Gasteiger partial charge is 0.317 e. The first-order chi connectivity index (χ1) is 7.77. The van der Waals surface area contributed by atoms with Crippen LogP contribution < -0.4 is 5.32 Å². The number of hydrogen-bond donors (Lipinski definition) is 1. The third kappa shape index (κ3) is 4.36. The second-order valence-electron chi connectivity index (χ2n) is 4.54. The van der Waals surface area contributed by atoms with Gasteiger partial charge in [-0.15, -0.1) is 0 Å². The predicted molar refractivity (Wildman–Crippen MR) is 72.0 cm³/mol. The minimum absolute atomic E-state index is 0.663. The maximum absolute atomic E-state index is 3.46. The zero-order chi connectivity index (χ0) is 11.8. The van der Waals surface area contributed by atoms with E-state index in [2.05, 4.69) is 50.4 Å². The highest BCUT2D eigenvalue weighted by Crippen LogP contribution is 2.19. The fraction of sp³-hybridized carbons (Fsp3) is 0.600. The summed E-state index contributed by atoms with van der Waals surface area (Å²) in [5, 5.41) is 3.46. The lowest BCUT2D eigenvalue weighted by Crippen LogP contribution is -2.17. The van der Waals surface area contributed by atoms with Crippen LogP contribution in [0.15, 0.2) is 24.3 Å². The van der Waals surface area contributed by atoms with E-state index in [0.717, 1.165) is 19.5 Å². The van der Waals surface area contributed by atoms with Crippen LogP contribution in [0.5, 0.6) is 0 Å². The molecule has 0 heterocycles. The minimum Gasteiger partial charge on any atom is -0.317 e. The molecule has 1 aromatic rings. The molecular formula is C15H25N. The van der Waals surface area contributed by atoms with Crippen molar-refractivity contribution in [2.24, 2.45) is 0 Å². The Hall–Kier alpha value is -0.820. The molecule has 0 bridgehead atoms. The number of hydrogen-bond acceptors (Lipinski definition) is 1. The van der Waals surface area contributed by atoms with Gasteiger partial charge < -0.3 is 5.32 Å². The summed E-state index contributed by atoms with van der Waals surface area (Å²) in [6, 6.07) is 9.00. The Balaban J connectivity index is 2.42. The third-order valence-corrected chi connectivity index (χ3v) is 3.11. The zero-order valence-electron chi connectivity index (χ0n) is 10.9. The van der Waals surface area contributed by atoms with Gasteiger partial charge in [0.25, 0.3) is 0 Å². The van der Waals surface area contributed by atoms with Crippen molar-refractivity contribution >= 4 is 0 Å². The molecule has 1 aromatic carbocycles. The van der Waals surface area contributed by atoms with Crippen LogP contribution in [0.2, 0.25) is 0 Å². The molecule has 1 rings (SSSR count). The smallest absolute Gasteiger partial charge is 0.00432 e. The van der Waals surface area contributed by atoms with Crippen LogP contribution in [-0.4, -0.2) is 13.1 Å². The van der Waals surface area contributed by atoms with Gasteiger partial charge in [0.05, 0.1) is 0 Å².